The van der Waals surface area contributed by atoms with Crippen molar-refractivity contribution in [1.29, 1.82) is 0 Å². The van der Waals surface area contributed by atoms with Gasteiger partial charge in [-0.1, -0.05) is 5.16 Å². The second-order valence-electron chi connectivity index (χ2n) is 4.15. The molecule has 0 aromatic carbocycles. The number of pyridine rings is 1. The van der Waals surface area contributed by atoms with E-state index in [0.717, 1.165) is 5.56 Å². The first-order valence-electron chi connectivity index (χ1n) is 5.13. The van der Waals surface area contributed by atoms with Crippen LogP contribution < -0.4 is 11.1 Å². The van der Waals surface area contributed by atoms with Crippen molar-refractivity contribution in [3.63, 3.8) is 0 Å². The minimum Gasteiger partial charge on any atom is -0.409 e. The van der Waals surface area contributed by atoms with Gasteiger partial charge in [0.25, 0.3) is 0 Å². The summed E-state index contributed by atoms with van der Waals surface area (Å²) in [5.74, 6) is -0.422. The highest BCUT2D eigenvalue weighted by Crippen LogP contribution is 2.15. The van der Waals surface area contributed by atoms with Crippen LogP contribution in [0.5, 0.6) is 0 Å². The number of hydrogen-bond acceptors (Lipinski definition) is 4. The molecule has 0 saturated carbocycles. The molecule has 0 aliphatic rings. The Bertz CT molecular complexity index is 415. The lowest BCUT2D eigenvalue weighted by atomic mass is 9.91. The molecule has 0 aliphatic carbocycles. The Balaban J connectivity index is 2.62. The molecule has 1 amide bonds. The number of nitrogens with zero attached hydrogens (tertiary/aromatic N) is 2. The zero-order valence-corrected chi connectivity index (χ0v) is 9.84. The summed E-state index contributed by atoms with van der Waals surface area (Å²) < 4.78 is 0. The monoisotopic (exact) mass is 236 g/mol. The maximum Gasteiger partial charge on any atom is 0.233 e. The molecule has 1 rings (SSSR count). The van der Waals surface area contributed by atoms with Gasteiger partial charge in [-0.2, -0.15) is 0 Å². The van der Waals surface area contributed by atoms with Crippen molar-refractivity contribution in [3.05, 3.63) is 30.1 Å². The van der Waals surface area contributed by atoms with E-state index in [9.17, 15) is 4.79 Å². The lowest BCUT2D eigenvalue weighted by Gasteiger charge is -2.21. The minimum atomic E-state index is -1.04. The minimum absolute atomic E-state index is 0.121. The summed E-state index contributed by atoms with van der Waals surface area (Å²) in [6.45, 7) is 3.55. The van der Waals surface area contributed by atoms with Gasteiger partial charge in [-0.05, 0) is 31.5 Å². The number of carbonyl (C=O) groups excluding carboxylic acids is 1. The Labute approximate surface area is 99.5 Å². The molecule has 92 valence electrons. The molecular weight excluding hydrogens is 220 g/mol. The SMILES string of the molecule is CC(C)(C(=O)NCc1ccncc1)C(N)=NO. The topological polar surface area (TPSA) is 101 Å². The molecule has 4 N–H and O–H groups in total. The lowest BCUT2D eigenvalue weighted by Crippen LogP contribution is -2.45. The van der Waals surface area contributed by atoms with Crippen LogP contribution in [-0.2, 0) is 11.3 Å². The number of nitrogens with two attached hydrogens (primary N) is 1. The highest BCUT2D eigenvalue weighted by molar-refractivity contribution is 6.05. The molecule has 6 nitrogen and oxygen atoms in total. The van der Waals surface area contributed by atoms with Gasteiger partial charge < -0.3 is 16.3 Å². The number of amides is 1. The number of carbonyl (C=O) groups is 1. The maximum atomic E-state index is 11.8. The Morgan fingerprint density at radius 3 is 2.65 bits per heavy atom. The number of rotatable bonds is 4. The second kappa shape index (κ2) is 5.29. The number of oxime groups is 1. The summed E-state index contributed by atoms with van der Waals surface area (Å²) in [6.07, 6.45) is 3.30. The summed E-state index contributed by atoms with van der Waals surface area (Å²) >= 11 is 0. The molecule has 0 atom stereocenters. The number of nitrogens with one attached hydrogen (secondary N) is 1. The van der Waals surface area contributed by atoms with Crippen LogP contribution in [0, 0.1) is 5.41 Å². The molecule has 1 aromatic heterocycles. The van der Waals surface area contributed by atoms with E-state index in [1.54, 1.807) is 38.4 Å². The van der Waals surface area contributed by atoms with E-state index in [4.69, 9.17) is 10.9 Å². The first-order valence-corrected chi connectivity index (χ1v) is 5.13. The Hall–Kier alpha value is -2.11. The highest BCUT2D eigenvalue weighted by Gasteiger charge is 2.32. The van der Waals surface area contributed by atoms with Crippen molar-refractivity contribution in [3.8, 4) is 0 Å². The highest BCUT2D eigenvalue weighted by atomic mass is 16.4. The Morgan fingerprint density at radius 2 is 2.12 bits per heavy atom. The van der Waals surface area contributed by atoms with Crippen LogP contribution in [-0.4, -0.2) is 21.9 Å². The number of amidine groups is 1. The fourth-order valence-corrected chi connectivity index (χ4v) is 1.15. The van der Waals surface area contributed by atoms with Gasteiger partial charge in [-0.15, -0.1) is 0 Å². The summed E-state index contributed by atoms with van der Waals surface area (Å²) in [4.78, 5) is 15.7. The van der Waals surface area contributed by atoms with Crippen molar-refractivity contribution in [2.75, 3.05) is 0 Å². The summed E-state index contributed by atoms with van der Waals surface area (Å²) in [6, 6.07) is 3.60. The van der Waals surface area contributed by atoms with E-state index >= 15 is 0 Å². The van der Waals surface area contributed by atoms with Crippen molar-refractivity contribution in [2.45, 2.75) is 20.4 Å². The third kappa shape index (κ3) is 3.17. The molecular formula is C11H16N4O2. The summed E-state index contributed by atoms with van der Waals surface area (Å²) in [5.41, 5.74) is 5.34. The number of aromatic nitrogens is 1. The van der Waals surface area contributed by atoms with Gasteiger partial charge in [0, 0.05) is 18.9 Å². The van der Waals surface area contributed by atoms with Crippen LogP contribution in [0.2, 0.25) is 0 Å². The van der Waals surface area contributed by atoms with Gasteiger partial charge in [-0.3, -0.25) is 9.78 Å². The smallest absolute Gasteiger partial charge is 0.233 e. The van der Waals surface area contributed by atoms with Gasteiger partial charge in [0.05, 0.1) is 0 Å². The molecule has 0 radical (unpaired) electrons. The first-order chi connectivity index (χ1) is 7.98. The van der Waals surface area contributed by atoms with E-state index in [2.05, 4.69) is 15.5 Å². The molecule has 0 aliphatic heterocycles. The van der Waals surface area contributed by atoms with Crippen molar-refractivity contribution in [2.24, 2.45) is 16.3 Å². The molecule has 0 fully saturated rings. The second-order valence-corrected chi connectivity index (χ2v) is 4.15. The number of hydrogen-bond donors (Lipinski definition) is 3. The first kappa shape index (κ1) is 13.0. The standard InChI is InChI=1S/C11H16N4O2/c1-11(2,9(12)15-17)10(16)14-7-8-3-5-13-6-4-8/h3-6,17H,7H2,1-2H3,(H2,12,15)(H,14,16). The lowest BCUT2D eigenvalue weighted by molar-refractivity contribution is -0.126. The normalized spacial score (nSPS) is 12.2. The van der Waals surface area contributed by atoms with Crippen LogP contribution >= 0.6 is 0 Å². The van der Waals surface area contributed by atoms with Crippen molar-refractivity contribution >= 4 is 11.7 Å². The third-order valence-corrected chi connectivity index (χ3v) is 2.52. The quantitative estimate of drug-likeness (QED) is 0.306. The van der Waals surface area contributed by atoms with Crippen LogP contribution in [0.15, 0.2) is 29.7 Å². The van der Waals surface area contributed by atoms with Crippen LogP contribution in [0.25, 0.3) is 0 Å². The molecule has 0 spiro atoms. The molecule has 0 saturated heterocycles. The Morgan fingerprint density at radius 1 is 1.53 bits per heavy atom. The van der Waals surface area contributed by atoms with Gasteiger partial charge in [0.2, 0.25) is 5.91 Å². The molecule has 0 bridgehead atoms. The zero-order valence-electron chi connectivity index (χ0n) is 9.84. The largest absolute Gasteiger partial charge is 0.409 e. The molecule has 17 heavy (non-hydrogen) atoms. The van der Waals surface area contributed by atoms with Gasteiger partial charge >= 0.3 is 0 Å². The van der Waals surface area contributed by atoms with Gasteiger partial charge in [0.15, 0.2) is 5.84 Å². The predicted molar refractivity (Wildman–Crippen MR) is 63.3 cm³/mol. The van der Waals surface area contributed by atoms with E-state index in [1.165, 1.54) is 0 Å². The average Bonchev–Trinajstić information content (AvgIpc) is 2.35. The van der Waals surface area contributed by atoms with E-state index in [0.29, 0.717) is 6.54 Å². The summed E-state index contributed by atoms with van der Waals surface area (Å²) in [7, 11) is 0. The maximum absolute atomic E-state index is 11.8. The van der Waals surface area contributed by atoms with E-state index < -0.39 is 5.41 Å². The van der Waals surface area contributed by atoms with E-state index in [-0.39, 0.29) is 11.7 Å². The fourth-order valence-electron chi connectivity index (χ4n) is 1.15. The fraction of sp³-hybridized carbons (Fsp3) is 0.364. The summed E-state index contributed by atoms with van der Waals surface area (Å²) in [5, 5.41) is 14.2. The van der Waals surface area contributed by atoms with Gasteiger partial charge in [0.1, 0.15) is 5.41 Å². The molecule has 0 unspecified atom stereocenters. The van der Waals surface area contributed by atoms with Crippen LogP contribution in [0.4, 0.5) is 0 Å². The van der Waals surface area contributed by atoms with Crippen molar-refractivity contribution < 1.29 is 10.0 Å². The predicted octanol–water partition coefficient (Wildman–Crippen LogP) is 0.470. The zero-order chi connectivity index (χ0) is 12.9. The van der Waals surface area contributed by atoms with Crippen LogP contribution in [0.3, 0.4) is 0 Å². The molecule has 6 heteroatoms. The molecule has 1 aromatic rings. The van der Waals surface area contributed by atoms with Crippen LogP contribution in [0.1, 0.15) is 19.4 Å². The van der Waals surface area contributed by atoms with Crippen molar-refractivity contribution in [1.82, 2.24) is 10.3 Å². The van der Waals surface area contributed by atoms with Gasteiger partial charge in [-0.25, -0.2) is 0 Å². The molecule has 1 heterocycles. The Kier molecular flexibility index (Phi) is 4.03. The average molecular weight is 236 g/mol. The van der Waals surface area contributed by atoms with E-state index in [1.807, 2.05) is 0 Å². The third-order valence-electron chi connectivity index (χ3n) is 2.52.